The van der Waals surface area contributed by atoms with Crippen LogP contribution in [-0.2, 0) is 0 Å². The maximum atomic E-state index is 8.81. The summed E-state index contributed by atoms with van der Waals surface area (Å²) in [6, 6.07) is 5.01. The van der Waals surface area contributed by atoms with Crippen molar-refractivity contribution in [3.05, 3.63) is 28.2 Å². The molecule has 0 fully saturated rings. The fourth-order valence-corrected chi connectivity index (χ4v) is 1.34. The van der Waals surface area contributed by atoms with E-state index in [0.717, 1.165) is 10.0 Å². The average Bonchev–Trinajstić information content (AvgIpc) is 2.08. The first kappa shape index (κ1) is 9.51. The second-order valence-corrected chi connectivity index (χ2v) is 3.48. The third kappa shape index (κ3) is 1.97. The van der Waals surface area contributed by atoms with Crippen LogP contribution in [-0.4, -0.2) is 11.7 Å². The summed E-state index contributed by atoms with van der Waals surface area (Å²) in [6.07, 6.45) is 0. The lowest BCUT2D eigenvalue weighted by molar-refractivity contribution is 0.268. The van der Waals surface area contributed by atoms with Gasteiger partial charge in [0.05, 0.1) is 12.6 Å². The van der Waals surface area contributed by atoms with Gasteiger partial charge in [-0.2, -0.15) is 0 Å². The highest BCUT2D eigenvalue weighted by molar-refractivity contribution is 9.10. The largest absolute Gasteiger partial charge is 0.398 e. The Hall–Kier alpha value is -0.580. The van der Waals surface area contributed by atoms with Crippen LogP contribution in [0.1, 0.15) is 11.6 Å². The zero-order valence-corrected chi connectivity index (χ0v) is 8.08. The van der Waals surface area contributed by atoms with Crippen molar-refractivity contribution in [3.8, 4) is 0 Å². The molecule has 5 N–H and O–H groups in total. The van der Waals surface area contributed by atoms with Crippen molar-refractivity contribution in [1.82, 2.24) is 0 Å². The van der Waals surface area contributed by atoms with E-state index in [-0.39, 0.29) is 6.61 Å². The highest BCUT2D eigenvalue weighted by Gasteiger charge is 2.07. The van der Waals surface area contributed by atoms with E-state index in [4.69, 9.17) is 16.6 Å². The molecule has 0 radical (unpaired) electrons. The quantitative estimate of drug-likeness (QED) is 0.665. The van der Waals surface area contributed by atoms with Crippen molar-refractivity contribution < 1.29 is 5.11 Å². The van der Waals surface area contributed by atoms with Gasteiger partial charge in [0, 0.05) is 10.2 Å². The number of benzene rings is 1. The number of nitrogen functional groups attached to an aromatic ring is 1. The smallest absolute Gasteiger partial charge is 0.0625 e. The molecule has 0 bridgehead atoms. The van der Waals surface area contributed by atoms with Crippen molar-refractivity contribution in [2.24, 2.45) is 5.73 Å². The van der Waals surface area contributed by atoms with E-state index in [1.54, 1.807) is 6.07 Å². The van der Waals surface area contributed by atoms with Crippen LogP contribution >= 0.6 is 15.9 Å². The first-order valence-corrected chi connectivity index (χ1v) is 4.36. The topological polar surface area (TPSA) is 72.3 Å². The molecule has 0 heterocycles. The summed E-state index contributed by atoms with van der Waals surface area (Å²) < 4.78 is 0.913. The minimum absolute atomic E-state index is 0.0966. The molecule has 0 spiro atoms. The summed E-state index contributed by atoms with van der Waals surface area (Å²) >= 11 is 3.30. The van der Waals surface area contributed by atoms with E-state index in [1.165, 1.54) is 0 Å². The third-order valence-electron chi connectivity index (χ3n) is 1.65. The Kier molecular flexibility index (Phi) is 3.08. The van der Waals surface area contributed by atoms with E-state index < -0.39 is 6.04 Å². The summed E-state index contributed by atoms with van der Waals surface area (Å²) in [7, 11) is 0. The average molecular weight is 231 g/mol. The van der Waals surface area contributed by atoms with Crippen LogP contribution in [0.2, 0.25) is 0 Å². The zero-order chi connectivity index (χ0) is 9.14. The maximum absolute atomic E-state index is 8.81. The van der Waals surface area contributed by atoms with E-state index >= 15 is 0 Å². The van der Waals surface area contributed by atoms with Gasteiger partial charge < -0.3 is 16.6 Å². The number of nitrogens with two attached hydrogens (primary N) is 2. The lowest BCUT2D eigenvalue weighted by Crippen LogP contribution is -2.16. The Bertz CT molecular complexity index is 278. The minimum atomic E-state index is -0.400. The Morgan fingerprint density at radius 2 is 2.17 bits per heavy atom. The summed E-state index contributed by atoms with van der Waals surface area (Å²) in [5.41, 5.74) is 12.6. The molecule has 0 aromatic heterocycles. The molecule has 0 saturated heterocycles. The molecular weight excluding hydrogens is 220 g/mol. The fraction of sp³-hybridized carbons (Fsp3) is 0.250. The van der Waals surface area contributed by atoms with Crippen molar-refractivity contribution in [1.29, 1.82) is 0 Å². The summed E-state index contributed by atoms with van der Waals surface area (Å²) in [5, 5.41) is 8.81. The molecule has 1 aromatic rings. The van der Waals surface area contributed by atoms with E-state index in [9.17, 15) is 0 Å². The predicted octanol–water partition coefficient (Wildman–Crippen LogP) is 1.02. The molecule has 1 rings (SSSR count). The van der Waals surface area contributed by atoms with Crippen LogP contribution in [0.25, 0.3) is 0 Å². The fourth-order valence-electron chi connectivity index (χ4n) is 0.965. The van der Waals surface area contributed by atoms with Crippen LogP contribution in [0, 0.1) is 0 Å². The van der Waals surface area contributed by atoms with E-state index in [2.05, 4.69) is 15.9 Å². The molecule has 0 amide bonds. The van der Waals surface area contributed by atoms with Gasteiger partial charge in [-0.1, -0.05) is 15.9 Å². The Morgan fingerprint density at radius 3 is 2.75 bits per heavy atom. The van der Waals surface area contributed by atoms with Crippen molar-refractivity contribution in [3.63, 3.8) is 0 Å². The standard InChI is InChI=1S/C8H11BrN2O/c9-5-1-2-7(10)6(3-5)8(11)4-12/h1-3,8,12H,4,10-11H2. The molecule has 0 saturated carbocycles. The number of hydrogen-bond donors (Lipinski definition) is 3. The molecular formula is C8H11BrN2O. The van der Waals surface area contributed by atoms with Crippen LogP contribution in [0.5, 0.6) is 0 Å². The third-order valence-corrected chi connectivity index (χ3v) is 2.14. The van der Waals surface area contributed by atoms with E-state index in [0.29, 0.717) is 5.69 Å². The number of hydrogen-bond acceptors (Lipinski definition) is 3. The molecule has 12 heavy (non-hydrogen) atoms. The lowest BCUT2D eigenvalue weighted by atomic mass is 10.1. The number of rotatable bonds is 2. The van der Waals surface area contributed by atoms with Crippen LogP contribution in [0.4, 0.5) is 5.69 Å². The molecule has 0 aliphatic rings. The van der Waals surface area contributed by atoms with Crippen LogP contribution in [0.3, 0.4) is 0 Å². The highest BCUT2D eigenvalue weighted by Crippen LogP contribution is 2.22. The summed E-state index contributed by atoms with van der Waals surface area (Å²) in [4.78, 5) is 0. The number of aliphatic hydroxyl groups excluding tert-OH is 1. The predicted molar refractivity (Wildman–Crippen MR) is 52.6 cm³/mol. The molecule has 4 heteroatoms. The highest BCUT2D eigenvalue weighted by atomic mass is 79.9. The first-order valence-electron chi connectivity index (χ1n) is 3.56. The van der Waals surface area contributed by atoms with Gasteiger partial charge in [-0.05, 0) is 23.8 Å². The van der Waals surface area contributed by atoms with Gasteiger partial charge in [-0.3, -0.25) is 0 Å². The first-order chi connectivity index (χ1) is 5.65. The molecule has 1 atom stereocenters. The Labute approximate surface area is 79.5 Å². The number of halogens is 1. The van der Waals surface area contributed by atoms with E-state index in [1.807, 2.05) is 12.1 Å². The molecule has 0 aliphatic heterocycles. The molecule has 1 aromatic carbocycles. The van der Waals surface area contributed by atoms with Gasteiger partial charge in [-0.25, -0.2) is 0 Å². The Morgan fingerprint density at radius 1 is 1.50 bits per heavy atom. The van der Waals surface area contributed by atoms with Gasteiger partial charge in [0.15, 0.2) is 0 Å². The molecule has 1 unspecified atom stereocenters. The second-order valence-electron chi connectivity index (χ2n) is 2.56. The van der Waals surface area contributed by atoms with Gasteiger partial charge in [0.1, 0.15) is 0 Å². The number of aliphatic hydroxyl groups is 1. The van der Waals surface area contributed by atoms with Gasteiger partial charge >= 0.3 is 0 Å². The zero-order valence-electron chi connectivity index (χ0n) is 6.50. The summed E-state index contributed by atoms with van der Waals surface area (Å²) in [5.74, 6) is 0. The maximum Gasteiger partial charge on any atom is 0.0625 e. The van der Waals surface area contributed by atoms with Gasteiger partial charge in [0.2, 0.25) is 0 Å². The molecule has 3 nitrogen and oxygen atoms in total. The van der Waals surface area contributed by atoms with Gasteiger partial charge in [-0.15, -0.1) is 0 Å². The van der Waals surface area contributed by atoms with Crippen LogP contribution < -0.4 is 11.5 Å². The molecule has 0 aliphatic carbocycles. The Balaban J connectivity index is 3.04. The van der Waals surface area contributed by atoms with Gasteiger partial charge in [0.25, 0.3) is 0 Å². The minimum Gasteiger partial charge on any atom is -0.398 e. The SMILES string of the molecule is Nc1ccc(Br)cc1C(N)CO. The van der Waals surface area contributed by atoms with Crippen molar-refractivity contribution in [2.45, 2.75) is 6.04 Å². The second kappa shape index (κ2) is 3.89. The number of anilines is 1. The van der Waals surface area contributed by atoms with Crippen LogP contribution in [0.15, 0.2) is 22.7 Å². The van der Waals surface area contributed by atoms with Crippen molar-refractivity contribution in [2.75, 3.05) is 12.3 Å². The molecule has 66 valence electrons. The van der Waals surface area contributed by atoms with Crippen molar-refractivity contribution >= 4 is 21.6 Å². The lowest BCUT2D eigenvalue weighted by Gasteiger charge is -2.11. The normalized spacial score (nSPS) is 12.9. The summed E-state index contributed by atoms with van der Waals surface area (Å²) in [6.45, 7) is -0.0966. The monoisotopic (exact) mass is 230 g/mol.